The van der Waals surface area contributed by atoms with Gasteiger partial charge in [-0.25, -0.2) is 8.42 Å². The van der Waals surface area contributed by atoms with Crippen LogP contribution in [0.15, 0.2) is 30.6 Å². The fraction of sp³-hybridized carbons (Fsp3) is 0.412. The molecule has 0 unspecified atom stereocenters. The molecule has 1 amide bonds. The number of aryl methyl sites for hydroxylation is 4. The highest BCUT2D eigenvalue weighted by atomic mass is 32.2. The highest BCUT2D eigenvalue weighted by Gasteiger charge is 2.16. The van der Waals surface area contributed by atoms with Crippen molar-refractivity contribution in [3.63, 3.8) is 0 Å². The molecule has 0 radical (unpaired) electrons. The fourth-order valence-corrected chi connectivity index (χ4v) is 3.64. The Morgan fingerprint density at radius 1 is 1.29 bits per heavy atom. The number of sulfonamides is 1. The van der Waals surface area contributed by atoms with Gasteiger partial charge in [0.1, 0.15) is 0 Å². The smallest absolute Gasteiger partial charge is 0.239 e. The Labute approximate surface area is 142 Å². The average Bonchev–Trinajstić information content (AvgIpc) is 2.86. The van der Waals surface area contributed by atoms with Gasteiger partial charge in [-0.05, 0) is 37.8 Å². The molecule has 1 aromatic heterocycles. The number of carbonyl (C=O) groups excluding carboxylic acids is 1. The van der Waals surface area contributed by atoms with Crippen LogP contribution in [0.2, 0.25) is 0 Å². The maximum Gasteiger partial charge on any atom is 0.239 e. The van der Waals surface area contributed by atoms with E-state index in [1.807, 2.05) is 13.8 Å². The van der Waals surface area contributed by atoms with Crippen LogP contribution in [-0.2, 0) is 34.0 Å². The van der Waals surface area contributed by atoms with Crippen molar-refractivity contribution in [1.82, 2.24) is 14.5 Å². The molecule has 0 aliphatic rings. The highest BCUT2D eigenvalue weighted by molar-refractivity contribution is 7.89. The summed E-state index contributed by atoms with van der Waals surface area (Å²) in [5.41, 5.74) is 4.11. The van der Waals surface area contributed by atoms with Gasteiger partial charge in [0.2, 0.25) is 15.9 Å². The van der Waals surface area contributed by atoms with E-state index in [2.05, 4.69) is 28.0 Å². The number of hydrogen-bond acceptors (Lipinski definition) is 4. The first kappa shape index (κ1) is 18.2. The molecule has 0 saturated heterocycles. The van der Waals surface area contributed by atoms with Gasteiger partial charge in [0.25, 0.3) is 0 Å². The molecule has 6 nitrogen and oxygen atoms in total. The Balaban J connectivity index is 1.83. The van der Waals surface area contributed by atoms with Crippen LogP contribution >= 0.6 is 0 Å². The zero-order valence-electron chi connectivity index (χ0n) is 14.2. The zero-order chi connectivity index (χ0) is 17.7. The summed E-state index contributed by atoms with van der Waals surface area (Å²) in [5.74, 6) is -0.715. The SMILES string of the molecule is Cc1ccc(C)c(CCCC(=O)NS(=O)(=O)Cc2cnn(C)c2)c1. The second kappa shape index (κ2) is 7.61. The van der Waals surface area contributed by atoms with Crippen molar-refractivity contribution in [3.05, 3.63) is 52.8 Å². The molecule has 0 aliphatic carbocycles. The molecule has 0 fully saturated rings. The van der Waals surface area contributed by atoms with E-state index in [9.17, 15) is 13.2 Å². The molecule has 130 valence electrons. The van der Waals surface area contributed by atoms with Crippen LogP contribution < -0.4 is 4.72 Å². The summed E-state index contributed by atoms with van der Waals surface area (Å²) >= 11 is 0. The Bertz CT molecular complexity index is 825. The standard InChI is InChI=1S/C17H23N3O3S/c1-13-7-8-14(2)16(9-13)5-4-6-17(21)19-24(22,23)12-15-10-18-20(3)11-15/h7-11H,4-6,12H2,1-3H3,(H,19,21). The number of amides is 1. The van der Waals surface area contributed by atoms with Crippen molar-refractivity contribution in [2.24, 2.45) is 7.05 Å². The monoisotopic (exact) mass is 349 g/mol. The molecule has 2 rings (SSSR count). The van der Waals surface area contributed by atoms with Crippen LogP contribution in [0.3, 0.4) is 0 Å². The zero-order valence-corrected chi connectivity index (χ0v) is 15.1. The van der Waals surface area contributed by atoms with Gasteiger partial charge in [0.15, 0.2) is 0 Å². The van der Waals surface area contributed by atoms with Crippen molar-refractivity contribution in [1.29, 1.82) is 0 Å². The minimum absolute atomic E-state index is 0.180. The van der Waals surface area contributed by atoms with E-state index in [1.54, 1.807) is 13.2 Å². The summed E-state index contributed by atoms with van der Waals surface area (Å²) in [4.78, 5) is 11.9. The van der Waals surface area contributed by atoms with Gasteiger partial charge in [-0.1, -0.05) is 23.8 Å². The van der Waals surface area contributed by atoms with E-state index in [1.165, 1.54) is 27.6 Å². The summed E-state index contributed by atoms with van der Waals surface area (Å²) in [6.45, 7) is 4.06. The molecule has 1 N–H and O–H groups in total. The summed E-state index contributed by atoms with van der Waals surface area (Å²) in [6, 6.07) is 6.21. The third kappa shape index (κ3) is 5.49. The van der Waals surface area contributed by atoms with Crippen LogP contribution in [0.5, 0.6) is 0 Å². The number of nitrogens with zero attached hydrogens (tertiary/aromatic N) is 2. The number of aromatic nitrogens is 2. The molecule has 0 saturated carbocycles. The number of carbonyl (C=O) groups is 1. The van der Waals surface area contributed by atoms with E-state index >= 15 is 0 Å². The molecule has 0 aliphatic heterocycles. The molecule has 7 heteroatoms. The van der Waals surface area contributed by atoms with Crippen molar-refractivity contribution in [2.45, 2.75) is 38.9 Å². The second-order valence-corrected chi connectivity index (χ2v) is 7.81. The number of hydrogen-bond donors (Lipinski definition) is 1. The molecule has 1 aromatic carbocycles. The van der Waals surface area contributed by atoms with Gasteiger partial charge in [0.05, 0.1) is 11.9 Å². The van der Waals surface area contributed by atoms with Gasteiger partial charge in [-0.3, -0.25) is 14.2 Å². The lowest BCUT2D eigenvalue weighted by Crippen LogP contribution is -2.31. The maximum atomic E-state index is 12.0. The van der Waals surface area contributed by atoms with Crippen LogP contribution in [0, 0.1) is 13.8 Å². The number of benzene rings is 1. The quantitative estimate of drug-likeness (QED) is 0.829. The fourth-order valence-electron chi connectivity index (χ4n) is 2.54. The van der Waals surface area contributed by atoms with Gasteiger partial charge in [0, 0.05) is 25.2 Å². The van der Waals surface area contributed by atoms with Gasteiger partial charge in [-0.15, -0.1) is 0 Å². The second-order valence-electron chi connectivity index (χ2n) is 6.09. The minimum atomic E-state index is -3.68. The van der Waals surface area contributed by atoms with E-state index in [0.29, 0.717) is 12.0 Å². The molecule has 24 heavy (non-hydrogen) atoms. The van der Waals surface area contributed by atoms with Crippen molar-refractivity contribution < 1.29 is 13.2 Å². The molecule has 0 atom stereocenters. The lowest BCUT2D eigenvalue weighted by molar-refractivity contribution is -0.119. The van der Waals surface area contributed by atoms with Crippen LogP contribution in [0.4, 0.5) is 0 Å². The largest absolute Gasteiger partial charge is 0.276 e. The first-order chi connectivity index (χ1) is 11.2. The summed E-state index contributed by atoms with van der Waals surface area (Å²) < 4.78 is 27.6. The third-order valence-electron chi connectivity index (χ3n) is 3.74. The number of rotatable bonds is 7. The van der Waals surface area contributed by atoms with Gasteiger partial charge >= 0.3 is 0 Å². The molecular weight excluding hydrogens is 326 g/mol. The Kier molecular flexibility index (Phi) is 5.77. The van der Waals surface area contributed by atoms with E-state index in [0.717, 1.165) is 6.42 Å². The van der Waals surface area contributed by atoms with E-state index < -0.39 is 15.9 Å². The van der Waals surface area contributed by atoms with E-state index in [4.69, 9.17) is 0 Å². The Morgan fingerprint density at radius 3 is 2.71 bits per heavy atom. The molecule has 0 spiro atoms. The lowest BCUT2D eigenvalue weighted by Gasteiger charge is -2.08. The van der Waals surface area contributed by atoms with Crippen LogP contribution in [0.1, 0.15) is 35.1 Å². The van der Waals surface area contributed by atoms with Crippen molar-refractivity contribution >= 4 is 15.9 Å². The number of nitrogens with one attached hydrogen (secondary N) is 1. The van der Waals surface area contributed by atoms with Crippen molar-refractivity contribution in [2.75, 3.05) is 0 Å². The highest BCUT2D eigenvalue weighted by Crippen LogP contribution is 2.13. The average molecular weight is 349 g/mol. The van der Waals surface area contributed by atoms with E-state index in [-0.39, 0.29) is 12.2 Å². The maximum absolute atomic E-state index is 12.0. The van der Waals surface area contributed by atoms with Gasteiger partial charge in [-0.2, -0.15) is 5.10 Å². The first-order valence-electron chi connectivity index (χ1n) is 7.82. The minimum Gasteiger partial charge on any atom is -0.276 e. The Morgan fingerprint density at radius 2 is 2.04 bits per heavy atom. The molecule has 0 bridgehead atoms. The van der Waals surface area contributed by atoms with Crippen LogP contribution in [-0.4, -0.2) is 24.1 Å². The summed E-state index contributed by atoms with van der Waals surface area (Å²) in [7, 11) is -1.97. The van der Waals surface area contributed by atoms with Gasteiger partial charge < -0.3 is 0 Å². The lowest BCUT2D eigenvalue weighted by atomic mass is 10.0. The third-order valence-corrected chi connectivity index (χ3v) is 4.99. The van der Waals surface area contributed by atoms with Crippen LogP contribution in [0.25, 0.3) is 0 Å². The first-order valence-corrected chi connectivity index (χ1v) is 9.47. The Hall–Kier alpha value is -2.15. The molecule has 2 aromatic rings. The predicted molar refractivity (Wildman–Crippen MR) is 92.8 cm³/mol. The van der Waals surface area contributed by atoms with Crippen molar-refractivity contribution in [3.8, 4) is 0 Å². The predicted octanol–water partition coefficient (Wildman–Crippen LogP) is 2.01. The molecule has 1 heterocycles. The summed E-state index contributed by atoms with van der Waals surface area (Å²) in [5, 5.41) is 3.92. The topological polar surface area (TPSA) is 81.1 Å². The molecular formula is C17H23N3O3S. The summed E-state index contributed by atoms with van der Waals surface area (Å²) in [6.07, 6.45) is 4.64. The normalized spacial score (nSPS) is 11.5.